The maximum absolute atomic E-state index is 10.9. The fourth-order valence-electron chi connectivity index (χ4n) is 2.04. The molecule has 100 valence electrons. The molecule has 0 aliphatic rings. The van der Waals surface area contributed by atoms with Gasteiger partial charge in [-0.15, -0.1) is 0 Å². The third-order valence-electron chi connectivity index (χ3n) is 3.02. The smallest absolute Gasteiger partial charge is 0.335 e. The van der Waals surface area contributed by atoms with E-state index in [1.165, 1.54) is 0 Å². The molecule has 0 spiro atoms. The summed E-state index contributed by atoms with van der Waals surface area (Å²) < 4.78 is 0. The van der Waals surface area contributed by atoms with Crippen LogP contribution >= 0.6 is 0 Å². The number of nitrogens with one attached hydrogen (secondary N) is 2. The molecule has 0 bridgehead atoms. The SMILES string of the molecule is O=C(O)c1cccc(CNc2nc3ccccc3[nH]2)c1. The van der Waals surface area contributed by atoms with Crippen LogP contribution in [0.1, 0.15) is 15.9 Å². The van der Waals surface area contributed by atoms with Crippen molar-refractivity contribution in [2.75, 3.05) is 5.32 Å². The molecule has 5 heteroatoms. The zero-order chi connectivity index (χ0) is 13.9. The zero-order valence-electron chi connectivity index (χ0n) is 10.6. The first-order valence-electron chi connectivity index (χ1n) is 6.23. The Morgan fingerprint density at radius 2 is 2.05 bits per heavy atom. The number of nitrogens with zero attached hydrogens (tertiary/aromatic N) is 1. The highest BCUT2D eigenvalue weighted by Gasteiger charge is 2.04. The molecule has 3 aromatic rings. The van der Waals surface area contributed by atoms with E-state index in [9.17, 15) is 4.79 Å². The molecule has 2 aromatic carbocycles. The number of carboxylic acid groups (broad SMARTS) is 1. The van der Waals surface area contributed by atoms with Crippen LogP contribution in [-0.2, 0) is 6.54 Å². The van der Waals surface area contributed by atoms with Gasteiger partial charge in [0, 0.05) is 6.54 Å². The van der Waals surface area contributed by atoms with Crippen molar-refractivity contribution in [3.05, 3.63) is 59.7 Å². The summed E-state index contributed by atoms with van der Waals surface area (Å²) >= 11 is 0. The molecule has 0 aliphatic heterocycles. The van der Waals surface area contributed by atoms with E-state index in [1.807, 2.05) is 30.3 Å². The average molecular weight is 267 g/mol. The topological polar surface area (TPSA) is 78.0 Å². The van der Waals surface area contributed by atoms with Crippen molar-refractivity contribution in [2.45, 2.75) is 6.54 Å². The highest BCUT2D eigenvalue weighted by molar-refractivity contribution is 5.87. The molecule has 0 saturated heterocycles. The molecule has 0 atom stereocenters. The maximum atomic E-state index is 10.9. The lowest BCUT2D eigenvalue weighted by atomic mass is 10.1. The van der Waals surface area contributed by atoms with Crippen molar-refractivity contribution in [1.82, 2.24) is 9.97 Å². The van der Waals surface area contributed by atoms with Gasteiger partial charge in [-0.1, -0.05) is 24.3 Å². The number of aromatic nitrogens is 2. The van der Waals surface area contributed by atoms with Gasteiger partial charge in [-0.25, -0.2) is 9.78 Å². The van der Waals surface area contributed by atoms with Crippen LogP contribution in [0, 0.1) is 0 Å². The van der Waals surface area contributed by atoms with E-state index in [2.05, 4.69) is 15.3 Å². The lowest BCUT2D eigenvalue weighted by molar-refractivity contribution is 0.0697. The third kappa shape index (κ3) is 2.47. The molecular weight excluding hydrogens is 254 g/mol. The Morgan fingerprint density at radius 3 is 2.85 bits per heavy atom. The fourth-order valence-corrected chi connectivity index (χ4v) is 2.04. The summed E-state index contributed by atoms with van der Waals surface area (Å²) in [6, 6.07) is 14.6. The van der Waals surface area contributed by atoms with Crippen molar-refractivity contribution in [2.24, 2.45) is 0 Å². The Hall–Kier alpha value is -2.82. The Bertz CT molecular complexity index is 731. The predicted octanol–water partition coefficient (Wildman–Crippen LogP) is 2.87. The number of anilines is 1. The lowest BCUT2D eigenvalue weighted by Crippen LogP contribution is -2.03. The van der Waals surface area contributed by atoms with Gasteiger partial charge in [0.1, 0.15) is 0 Å². The zero-order valence-corrected chi connectivity index (χ0v) is 10.6. The van der Waals surface area contributed by atoms with Gasteiger partial charge in [-0.05, 0) is 29.8 Å². The van der Waals surface area contributed by atoms with Gasteiger partial charge >= 0.3 is 5.97 Å². The molecule has 5 nitrogen and oxygen atoms in total. The van der Waals surface area contributed by atoms with Crippen LogP contribution in [0.25, 0.3) is 11.0 Å². The number of aromatic carboxylic acids is 1. The van der Waals surface area contributed by atoms with Crippen LogP contribution in [0.2, 0.25) is 0 Å². The first-order valence-corrected chi connectivity index (χ1v) is 6.23. The van der Waals surface area contributed by atoms with Crippen LogP contribution in [0.5, 0.6) is 0 Å². The van der Waals surface area contributed by atoms with E-state index in [-0.39, 0.29) is 5.56 Å². The summed E-state index contributed by atoms with van der Waals surface area (Å²) in [4.78, 5) is 18.5. The Kier molecular flexibility index (Phi) is 3.09. The molecule has 0 fully saturated rings. The van der Waals surface area contributed by atoms with Crippen molar-refractivity contribution >= 4 is 23.0 Å². The van der Waals surface area contributed by atoms with Crippen molar-refractivity contribution in [3.63, 3.8) is 0 Å². The Labute approximate surface area is 115 Å². The third-order valence-corrected chi connectivity index (χ3v) is 3.02. The van der Waals surface area contributed by atoms with Crippen molar-refractivity contribution in [1.29, 1.82) is 0 Å². The standard InChI is InChI=1S/C15H13N3O2/c19-14(20)11-5-3-4-10(8-11)9-16-15-17-12-6-1-2-7-13(12)18-15/h1-8H,9H2,(H,19,20)(H2,16,17,18). The van der Waals surface area contributed by atoms with Gasteiger partial charge in [0.15, 0.2) is 0 Å². The summed E-state index contributed by atoms with van der Waals surface area (Å²) in [6.07, 6.45) is 0. The van der Waals surface area contributed by atoms with E-state index >= 15 is 0 Å². The van der Waals surface area contributed by atoms with E-state index in [0.29, 0.717) is 12.5 Å². The normalized spacial score (nSPS) is 10.6. The quantitative estimate of drug-likeness (QED) is 0.679. The molecule has 1 aromatic heterocycles. The molecule has 20 heavy (non-hydrogen) atoms. The average Bonchev–Trinajstić information content (AvgIpc) is 2.88. The summed E-state index contributed by atoms with van der Waals surface area (Å²) in [5.74, 6) is -0.248. The second-order valence-electron chi connectivity index (χ2n) is 4.46. The minimum atomic E-state index is -0.921. The highest BCUT2D eigenvalue weighted by atomic mass is 16.4. The monoisotopic (exact) mass is 267 g/mol. The van der Waals surface area contributed by atoms with Gasteiger partial charge < -0.3 is 15.4 Å². The number of aromatic amines is 1. The van der Waals surface area contributed by atoms with Crippen molar-refractivity contribution < 1.29 is 9.90 Å². The second kappa shape index (κ2) is 5.05. The molecule has 3 rings (SSSR count). The predicted molar refractivity (Wildman–Crippen MR) is 76.8 cm³/mol. The molecule has 3 N–H and O–H groups in total. The number of para-hydroxylation sites is 2. The van der Waals surface area contributed by atoms with Crippen LogP contribution < -0.4 is 5.32 Å². The molecule has 0 aliphatic carbocycles. The Balaban J connectivity index is 1.75. The number of carbonyl (C=O) groups is 1. The van der Waals surface area contributed by atoms with Gasteiger partial charge in [0.25, 0.3) is 0 Å². The van der Waals surface area contributed by atoms with E-state index in [1.54, 1.807) is 18.2 Å². The minimum Gasteiger partial charge on any atom is -0.478 e. The number of benzene rings is 2. The number of fused-ring (bicyclic) bond motifs is 1. The molecule has 0 unspecified atom stereocenters. The van der Waals surface area contributed by atoms with E-state index in [4.69, 9.17) is 5.11 Å². The first-order chi connectivity index (χ1) is 9.72. The number of carboxylic acids is 1. The van der Waals surface area contributed by atoms with Crippen LogP contribution in [0.3, 0.4) is 0 Å². The summed E-state index contributed by atoms with van der Waals surface area (Å²) in [7, 11) is 0. The number of rotatable bonds is 4. The molecule has 0 amide bonds. The highest BCUT2D eigenvalue weighted by Crippen LogP contribution is 2.14. The molecule has 0 radical (unpaired) electrons. The molecular formula is C15H13N3O2. The lowest BCUT2D eigenvalue weighted by Gasteiger charge is -2.04. The summed E-state index contributed by atoms with van der Waals surface area (Å²) in [6.45, 7) is 0.515. The Morgan fingerprint density at radius 1 is 1.20 bits per heavy atom. The fraction of sp³-hybridized carbons (Fsp3) is 0.0667. The van der Waals surface area contributed by atoms with Crippen molar-refractivity contribution in [3.8, 4) is 0 Å². The van der Waals surface area contributed by atoms with E-state index < -0.39 is 5.97 Å². The van der Waals surface area contributed by atoms with E-state index in [0.717, 1.165) is 16.6 Å². The number of H-pyrrole nitrogens is 1. The van der Waals surface area contributed by atoms with Gasteiger partial charge in [0.05, 0.1) is 16.6 Å². The van der Waals surface area contributed by atoms with Gasteiger partial charge in [-0.3, -0.25) is 0 Å². The first kappa shape index (κ1) is 12.2. The number of imidazole rings is 1. The summed E-state index contributed by atoms with van der Waals surface area (Å²) in [5, 5.41) is 12.1. The minimum absolute atomic E-state index is 0.286. The van der Waals surface area contributed by atoms with Gasteiger partial charge in [-0.2, -0.15) is 0 Å². The number of hydrogen-bond acceptors (Lipinski definition) is 3. The largest absolute Gasteiger partial charge is 0.478 e. The second-order valence-corrected chi connectivity index (χ2v) is 4.46. The summed E-state index contributed by atoms with van der Waals surface area (Å²) in [5.41, 5.74) is 3.04. The van der Waals surface area contributed by atoms with Crippen LogP contribution in [-0.4, -0.2) is 21.0 Å². The van der Waals surface area contributed by atoms with Crippen LogP contribution in [0.15, 0.2) is 48.5 Å². The maximum Gasteiger partial charge on any atom is 0.335 e. The molecule has 1 heterocycles. The number of hydrogen-bond donors (Lipinski definition) is 3. The van der Waals surface area contributed by atoms with Crippen LogP contribution in [0.4, 0.5) is 5.95 Å². The molecule has 0 saturated carbocycles. The van der Waals surface area contributed by atoms with Gasteiger partial charge in [0.2, 0.25) is 5.95 Å².